The molecule has 0 amide bonds. The van der Waals surface area contributed by atoms with Gasteiger partial charge in [-0.2, -0.15) is 0 Å². The van der Waals surface area contributed by atoms with Crippen LogP contribution in [0.25, 0.3) is 11.3 Å². The summed E-state index contributed by atoms with van der Waals surface area (Å²) in [7, 11) is 0. The van der Waals surface area contributed by atoms with Gasteiger partial charge in [-0.1, -0.05) is 36.4 Å². The number of aromatic nitrogens is 2. The summed E-state index contributed by atoms with van der Waals surface area (Å²) >= 11 is 0. The Balaban J connectivity index is 1.61. The maximum absolute atomic E-state index is 11.6. The molecule has 0 atom stereocenters. The van der Waals surface area contributed by atoms with Gasteiger partial charge in [-0.3, -0.25) is 4.79 Å². The smallest absolute Gasteiger partial charge is 0.313 e. The molecule has 6 nitrogen and oxygen atoms in total. The number of aryl methyl sites for hydroxylation is 2. The van der Waals surface area contributed by atoms with Crippen molar-refractivity contribution in [1.82, 2.24) is 9.97 Å². The van der Waals surface area contributed by atoms with E-state index in [1.807, 2.05) is 61.5 Å². The van der Waals surface area contributed by atoms with Crippen LogP contribution in [-0.4, -0.2) is 21.0 Å². The first-order valence-corrected chi connectivity index (χ1v) is 11.0. The molecule has 0 saturated carbocycles. The summed E-state index contributed by atoms with van der Waals surface area (Å²) in [5, 5.41) is 12.8. The van der Waals surface area contributed by atoms with Crippen LogP contribution in [0.2, 0.25) is 0 Å². The Morgan fingerprint density at radius 3 is 2.53 bits per heavy atom. The van der Waals surface area contributed by atoms with Crippen LogP contribution in [0.1, 0.15) is 30.7 Å². The molecule has 0 aliphatic carbocycles. The second kappa shape index (κ2) is 9.35. The number of rotatable bonds is 7. The zero-order valence-electron chi connectivity index (χ0n) is 19.7. The van der Waals surface area contributed by atoms with Crippen LogP contribution in [0, 0.1) is 13.8 Å². The molecule has 4 aromatic rings. The standard InChI is InChI=1S/C28H27N3O3/c1-18-8-5-6-11-23(18)26-24(13-12-19(2)30-26)34-22-14-15-29-25(17-22)31-21-10-7-9-20(16-21)28(3,4)27(32)33/h5-17H,1-4H3,(H,29,31)(H,32,33). The van der Waals surface area contributed by atoms with Crippen molar-refractivity contribution in [3.05, 3.63) is 95.8 Å². The first-order chi connectivity index (χ1) is 16.2. The first-order valence-electron chi connectivity index (χ1n) is 11.0. The maximum atomic E-state index is 11.6. The number of hydrogen-bond donors (Lipinski definition) is 2. The third-order valence-corrected chi connectivity index (χ3v) is 5.75. The minimum Gasteiger partial charge on any atom is -0.481 e. The molecule has 6 heteroatoms. The van der Waals surface area contributed by atoms with E-state index in [0.717, 1.165) is 28.2 Å². The Morgan fingerprint density at radius 1 is 0.971 bits per heavy atom. The van der Waals surface area contributed by atoms with Crippen molar-refractivity contribution >= 4 is 17.5 Å². The summed E-state index contributed by atoms with van der Waals surface area (Å²) in [6.45, 7) is 7.38. The van der Waals surface area contributed by atoms with E-state index in [2.05, 4.69) is 23.3 Å². The molecule has 0 aliphatic rings. The maximum Gasteiger partial charge on any atom is 0.313 e. The molecule has 2 N–H and O–H groups in total. The zero-order valence-corrected chi connectivity index (χ0v) is 19.7. The number of pyridine rings is 2. The number of carbonyl (C=O) groups is 1. The lowest BCUT2D eigenvalue weighted by Crippen LogP contribution is -2.28. The summed E-state index contributed by atoms with van der Waals surface area (Å²) in [5.74, 6) is 0.969. The minimum absolute atomic E-state index is 0.584. The topological polar surface area (TPSA) is 84.3 Å². The van der Waals surface area contributed by atoms with Gasteiger partial charge in [0, 0.05) is 29.2 Å². The average Bonchev–Trinajstić information content (AvgIpc) is 2.81. The highest BCUT2D eigenvalue weighted by molar-refractivity contribution is 5.81. The lowest BCUT2D eigenvalue weighted by Gasteiger charge is -2.20. The van der Waals surface area contributed by atoms with E-state index in [1.165, 1.54) is 0 Å². The molecule has 0 radical (unpaired) electrons. The molecule has 0 bridgehead atoms. The summed E-state index contributed by atoms with van der Waals surface area (Å²) in [5.41, 5.74) is 4.28. The summed E-state index contributed by atoms with van der Waals surface area (Å²) in [6, 6.07) is 22.9. The van der Waals surface area contributed by atoms with Crippen LogP contribution in [0.15, 0.2) is 79.0 Å². The molecule has 34 heavy (non-hydrogen) atoms. The van der Waals surface area contributed by atoms with Crippen LogP contribution in [0.3, 0.4) is 0 Å². The number of benzene rings is 2. The average molecular weight is 454 g/mol. The number of carboxylic acid groups (broad SMARTS) is 1. The number of nitrogens with zero attached hydrogens (tertiary/aromatic N) is 2. The van der Waals surface area contributed by atoms with Crippen LogP contribution in [-0.2, 0) is 10.2 Å². The summed E-state index contributed by atoms with van der Waals surface area (Å²) < 4.78 is 6.24. The molecule has 0 spiro atoms. The highest BCUT2D eigenvalue weighted by atomic mass is 16.5. The number of hydrogen-bond acceptors (Lipinski definition) is 5. The van der Waals surface area contributed by atoms with Crippen molar-refractivity contribution in [3.63, 3.8) is 0 Å². The summed E-state index contributed by atoms with van der Waals surface area (Å²) in [6.07, 6.45) is 1.66. The molecule has 0 saturated heterocycles. The Labute approximate surface area is 199 Å². The second-order valence-electron chi connectivity index (χ2n) is 8.73. The number of aliphatic carboxylic acids is 1. The molecule has 0 aliphatic heterocycles. The Bertz CT molecular complexity index is 1350. The Morgan fingerprint density at radius 2 is 1.76 bits per heavy atom. The van der Waals surface area contributed by atoms with Crippen molar-refractivity contribution in [2.24, 2.45) is 0 Å². The Kier molecular flexibility index (Phi) is 6.32. The normalized spacial score (nSPS) is 11.2. The van der Waals surface area contributed by atoms with E-state index in [1.54, 1.807) is 32.2 Å². The number of carboxylic acids is 1. The fraction of sp³-hybridized carbons (Fsp3) is 0.179. The SMILES string of the molecule is Cc1ccc(Oc2ccnc(Nc3cccc(C(C)(C)C(=O)O)c3)c2)c(-c2ccccc2C)n1. The minimum atomic E-state index is -1.000. The molecule has 2 heterocycles. The molecule has 0 fully saturated rings. The van der Waals surface area contributed by atoms with Crippen LogP contribution in [0.5, 0.6) is 11.5 Å². The molecule has 2 aromatic carbocycles. The van der Waals surface area contributed by atoms with Crippen LogP contribution in [0.4, 0.5) is 11.5 Å². The van der Waals surface area contributed by atoms with Crippen molar-refractivity contribution in [3.8, 4) is 22.8 Å². The molecular formula is C28H27N3O3. The van der Waals surface area contributed by atoms with E-state index in [-0.39, 0.29) is 0 Å². The van der Waals surface area contributed by atoms with Gasteiger partial charge in [0.1, 0.15) is 17.3 Å². The van der Waals surface area contributed by atoms with E-state index >= 15 is 0 Å². The third-order valence-electron chi connectivity index (χ3n) is 5.75. The zero-order chi connectivity index (χ0) is 24.3. The van der Waals surface area contributed by atoms with Crippen LogP contribution >= 0.6 is 0 Å². The number of nitrogens with one attached hydrogen (secondary N) is 1. The lowest BCUT2D eigenvalue weighted by atomic mass is 9.84. The van der Waals surface area contributed by atoms with Gasteiger partial charge < -0.3 is 15.2 Å². The molecule has 0 unspecified atom stereocenters. The molecular weight excluding hydrogens is 426 g/mol. The van der Waals surface area contributed by atoms with E-state index < -0.39 is 11.4 Å². The lowest BCUT2D eigenvalue weighted by molar-refractivity contribution is -0.142. The highest BCUT2D eigenvalue weighted by Crippen LogP contribution is 2.34. The number of ether oxygens (including phenoxy) is 1. The third kappa shape index (κ3) is 4.91. The largest absolute Gasteiger partial charge is 0.481 e. The Hall–Kier alpha value is -4.19. The predicted octanol–water partition coefficient (Wildman–Crippen LogP) is 6.66. The van der Waals surface area contributed by atoms with Gasteiger partial charge in [-0.05, 0) is 69.2 Å². The van der Waals surface area contributed by atoms with Gasteiger partial charge in [-0.25, -0.2) is 9.97 Å². The van der Waals surface area contributed by atoms with Gasteiger partial charge >= 0.3 is 5.97 Å². The fourth-order valence-electron chi connectivity index (χ4n) is 3.58. The van der Waals surface area contributed by atoms with Gasteiger partial charge in [0.25, 0.3) is 0 Å². The molecule has 172 valence electrons. The van der Waals surface area contributed by atoms with Crippen molar-refractivity contribution in [1.29, 1.82) is 0 Å². The fourth-order valence-corrected chi connectivity index (χ4v) is 3.58. The second-order valence-corrected chi connectivity index (χ2v) is 8.73. The van der Waals surface area contributed by atoms with Gasteiger partial charge in [0.15, 0.2) is 5.75 Å². The quantitative estimate of drug-likeness (QED) is 0.326. The van der Waals surface area contributed by atoms with Gasteiger partial charge in [0.2, 0.25) is 0 Å². The monoisotopic (exact) mass is 453 g/mol. The van der Waals surface area contributed by atoms with E-state index in [4.69, 9.17) is 9.72 Å². The van der Waals surface area contributed by atoms with E-state index in [0.29, 0.717) is 22.9 Å². The molecule has 4 rings (SSSR count). The van der Waals surface area contributed by atoms with Crippen molar-refractivity contribution in [2.75, 3.05) is 5.32 Å². The summed E-state index contributed by atoms with van der Waals surface area (Å²) in [4.78, 5) is 20.7. The van der Waals surface area contributed by atoms with Crippen molar-refractivity contribution < 1.29 is 14.6 Å². The highest BCUT2D eigenvalue weighted by Gasteiger charge is 2.29. The van der Waals surface area contributed by atoms with Gasteiger partial charge in [0.05, 0.1) is 5.41 Å². The first kappa shape index (κ1) is 23.0. The number of anilines is 2. The molecule has 2 aromatic heterocycles. The van der Waals surface area contributed by atoms with Crippen molar-refractivity contribution in [2.45, 2.75) is 33.1 Å². The predicted molar refractivity (Wildman–Crippen MR) is 134 cm³/mol. The van der Waals surface area contributed by atoms with Gasteiger partial charge in [-0.15, -0.1) is 0 Å². The van der Waals surface area contributed by atoms with E-state index in [9.17, 15) is 9.90 Å². The van der Waals surface area contributed by atoms with Crippen LogP contribution < -0.4 is 10.1 Å².